The van der Waals surface area contributed by atoms with Crippen molar-refractivity contribution in [2.75, 3.05) is 5.32 Å². The van der Waals surface area contributed by atoms with Crippen molar-refractivity contribution in [2.24, 2.45) is 0 Å². The van der Waals surface area contributed by atoms with Crippen LogP contribution in [-0.2, 0) is 0 Å². The van der Waals surface area contributed by atoms with Crippen LogP contribution in [0.15, 0.2) is 47.2 Å². The molecule has 0 fully saturated rings. The molecule has 1 N–H and O–H groups in total. The molecule has 9 heteroatoms. The number of aryl methyl sites for hydroxylation is 1. The number of nitrogens with zero attached hydrogens (tertiary/aromatic N) is 1. The monoisotopic (exact) mass is 392 g/mol. The van der Waals surface area contributed by atoms with Gasteiger partial charge in [-0.3, -0.25) is 4.79 Å². The van der Waals surface area contributed by atoms with E-state index >= 15 is 0 Å². The maximum atomic E-state index is 13.2. The first kappa shape index (κ1) is 17.3. The molecule has 0 atom stereocenters. The van der Waals surface area contributed by atoms with E-state index in [1.54, 1.807) is 31.2 Å². The van der Waals surface area contributed by atoms with Gasteiger partial charge in [-0.1, -0.05) is 23.7 Å². The Bertz CT molecular complexity index is 1030. The normalized spacial score (nSPS) is 14.2. The number of oxazole rings is 1. The molecule has 0 unspecified atom stereocenters. The molecule has 0 aliphatic carbocycles. The third-order valence-corrected chi connectivity index (χ3v) is 4.22. The second-order valence-corrected chi connectivity index (χ2v) is 6.14. The van der Waals surface area contributed by atoms with Crippen molar-refractivity contribution in [3.8, 4) is 22.6 Å². The van der Waals surface area contributed by atoms with Gasteiger partial charge in [-0.05, 0) is 30.7 Å². The number of alkyl halides is 2. The van der Waals surface area contributed by atoms with Crippen molar-refractivity contribution in [3.63, 3.8) is 0 Å². The number of hydrogen-bond donors (Lipinski definition) is 1. The van der Waals surface area contributed by atoms with Gasteiger partial charge in [-0.25, -0.2) is 4.98 Å². The van der Waals surface area contributed by atoms with E-state index in [1.807, 2.05) is 0 Å². The lowest BCUT2D eigenvalue weighted by molar-refractivity contribution is -0.286. The summed E-state index contributed by atoms with van der Waals surface area (Å²) >= 11 is 6.18. The molecular formula is C18H11ClF2N2O4. The van der Waals surface area contributed by atoms with Crippen molar-refractivity contribution in [1.29, 1.82) is 0 Å². The van der Waals surface area contributed by atoms with Crippen molar-refractivity contribution < 1.29 is 27.5 Å². The molecule has 0 bridgehead atoms. The summed E-state index contributed by atoms with van der Waals surface area (Å²) in [5.74, 6) is -0.218. The van der Waals surface area contributed by atoms with Gasteiger partial charge in [0.05, 0.1) is 5.02 Å². The maximum absolute atomic E-state index is 13.2. The number of rotatable bonds is 3. The summed E-state index contributed by atoms with van der Waals surface area (Å²) in [6.07, 6.45) is -2.52. The van der Waals surface area contributed by atoms with Crippen LogP contribution in [0.3, 0.4) is 0 Å². The summed E-state index contributed by atoms with van der Waals surface area (Å²) in [5.41, 5.74) is 1.85. The summed E-state index contributed by atoms with van der Waals surface area (Å²) < 4.78 is 40.2. The molecule has 1 aliphatic rings. The Morgan fingerprint density at radius 2 is 1.81 bits per heavy atom. The number of fused-ring (bicyclic) bond motifs is 1. The Morgan fingerprint density at radius 3 is 2.44 bits per heavy atom. The standard InChI is InChI=1S/C18H11ClF2N2O4/c1-9-16(22-8-25-9)17(24)23-11-4-2-10(3-5-11)12-6-14-15(7-13(12)19)27-18(20,21)26-14/h2-8H,1H3,(H,23,24). The van der Waals surface area contributed by atoms with Crippen molar-refractivity contribution in [3.05, 3.63) is 59.3 Å². The fourth-order valence-corrected chi connectivity index (χ4v) is 2.90. The summed E-state index contributed by atoms with van der Waals surface area (Å²) in [6, 6.07) is 9.33. The first-order valence-corrected chi connectivity index (χ1v) is 8.11. The van der Waals surface area contributed by atoms with Crippen LogP contribution in [0.2, 0.25) is 5.02 Å². The molecule has 1 aromatic heterocycles. The minimum absolute atomic E-state index is 0.0988. The molecular weight excluding hydrogens is 382 g/mol. The minimum atomic E-state index is -3.71. The second-order valence-electron chi connectivity index (χ2n) is 5.73. The zero-order valence-electron chi connectivity index (χ0n) is 13.8. The van der Waals surface area contributed by atoms with Crippen LogP contribution < -0.4 is 14.8 Å². The van der Waals surface area contributed by atoms with Crippen LogP contribution in [0.4, 0.5) is 14.5 Å². The Labute approximate surface area is 156 Å². The van der Waals surface area contributed by atoms with E-state index in [2.05, 4.69) is 19.8 Å². The molecule has 0 saturated carbocycles. The number of nitrogens with one attached hydrogen (secondary N) is 1. The molecule has 0 saturated heterocycles. The highest BCUT2D eigenvalue weighted by Crippen LogP contribution is 2.46. The number of aromatic nitrogens is 1. The Morgan fingerprint density at radius 1 is 1.15 bits per heavy atom. The van der Waals surface area contributed by atoms with Crippen LogP contribution >= 0.6 is 11.6 Å². The lowest BCUT2D eigenvalue weighted by Gasteiger charge is -2.08. The van der Waals surface area contributed by atoms with E-state index in [0.29, 0.717) is 22.6 Å². The summed E-state index contributed by atoms with van der Waals surface area (Å²) in [4.78, 5) is 16.0. The fourth-order valence-electron chi connectivity index (χ4n) is 2.64. The van der Waals surface area contributed by atoms with Crippen molar-refractivity contribution >= 4 is 23.2 Å². The molecule has 6 nitrogen and oxygen atoms in total. The molecule has 1 aliphatic heterocycles. The van der Waals surface area contributed by atoms with Crippen LogP contribution in [0.25, 0.3) is 11.1 Å². The van der Waals surface area contributed by atoms with Gasteiger partial charge in [-0.2, -0.15) is 0 Å². The molecule has 2 heterocycles. The first-order chi connectivity index (χ1) is 12.8. The number of ether oxygens (including phenoxy) is 2. The highest BCUT2D eigenvalue weighted by molar-refractivity contribution is 6.33. The number of carbonyl (C=O) groups is 1. The molecule has 2 aromatic carbocycles. The van der Waals surface area contributed by atoms with Crippen LogP contribution in [0.5, 0.6) is 11.5 Å². The number of carbonyl (C=O) groups excluding carboxylic acids is 1. The Kier molecular flexibility index (Phi) is 4.00. The third-order valence-electron chi connectivity index (χ3n) is 3.90. The molecule has 3 aromatic rings. The van der Waals surface area contributed by atoms with Crippen LogP contribution in [0, 0.1) is 6.92 Å². The lowest BCUT2D eigenvalue weighted by atomic mass is 10.0. The van der Waals surface area contributed by atoms with E-state index < -0.39 is 12.2 Å². The predicted molar refractivity (Wildman–Crippen MR) is 92.3 cm³/mol. The number of hydrogen-bond acceptors (Lipinski definition) is 5. The maximum Gasteiger partial charge on any atom is 0.586 e. The predicted octanol–water partition coefficient (Wildman–Crippen LogP) is 4.88. The first-order valence-electron chi connectivity index (χ1n) is 7.74. The summed E-state index contributed by atoms with van der Waals surface area (Å²) in [7, 11) is 0. The molecule has 138 valence electrons. The highest BCUT2D eigenvalue weighted by Gasteiger charge is 2.43. The summed E-state index contributed by atoms with van der Waals surface area (Å²) in [5, 5.41) is 2.92. The number of benzene rings is 2. The molecule has 0 radical (unpaired) electrons. The summed E-state index contributed by atoms with van der Waals surface area (Å²) in [6.45, 7) is 1.64. The van der Waals surface area contributed by atoms with Gasteiger partial charge in [0.15, 0.2) is 23.6 Å². The highest BCUT2D eigenvalue weighted by atomic mass is 35.5. The van der Waals surface area contributed by atoms with Crippen LogP contribution in [0.1, 0.15) is 16.2 Å². The molecule has 4 rings (SSSR count). The van der Waals surface area contributed by atoms with E-state index in [1.165, 1.54) is 18.5 Å². The Balaban J connectivity index is 1.57. The fraction of sp³-hybridized carbons (Fsp3) is 0.111. The van der Waals surface area contributed by atoms with Gasteiger partial charge in [-0.15, -0.1) is 8.78 Å². The van der Waals surface area contributed by atoms with E-state index in [0.717, 1.165) is 0 Å². The smallest absolute Gasteiger partial charge is 0.448 e. The van der Waals surface area contributed by atoms with Gasteiger partial charge < -0.3 is 19.2 Å². The number of amides is 1. The number of anilines is 1. The van der Waals surface area contributed by atoms with Gasteiger partial charge >= 0.3 is 6.29 Å². The van der Waals surface area contributed by atoms with Crippen molar-refractivity contribution in [1.82, 2.24) is 4.98 Å². The molecule has 27 heavy (non-hydrogen) atoms. The molecule has 0 spiro atoms. The number of halogens is 3. The zero-order chi connectivity index (χ0) is 19.2. The van der Waals surface area contributed by atoms with E-state index in [-0.39, 0.29) is 22.2 Å². The zero-order valence-corrected chi connectivity index (χ0v) is 14.5. The van der Waals surface area contributed by atoms with Gasteiger partial charge in [0, 0.05) is 17.3 Å². The Hall–Kier alpha value is -3.13. The average Bonchev–Trinajstić information content (AvgIpc) is 3.16. The van der Waals surface area contributed by atoms with E-state index in [4.69, 9.17) is 16.0 Å². The topological polar surface area (TPSA) is 73.6 Å². The van der Waals surface area contributed by atoms with Crippen molar-refractivity contribution in [2.45, 2.75) is 13.2 Å². The van der Waals surface area contributed by atoms with Gasteiger partial charge in [0.2, 0.25) is 0 Å². The quantitative estimate of drug-likeness (QED) is 0.687. The third kappa shape index (κ3) is 3.31. The SMILES string of the molecule is Cc1ocnc1C(=O)Nc1ccc(-c2cc3c(cc2Cl)OC(F)(F)O3)cc1. The van der Waals surface area contributed by atoms with Crippen LogP contribution in [-0.4, -0.2) is 17.2 Å². The second kappa shape index (κ2) is 6.24. The van der Waals surface area contributed by atoms with Gasteiger partial charge in [0.25, 0.3) is 5.91 Å². The molecule has 1 amide bonds. The minimum Gasteiger partial charge on any atom is -0.448 e. The average molecular weight is 393 g/mol. The largest absolute Gasteiger partial charge is 0.586 e. The van der Waals surface area contributed by atoms with E-state index in [9.17, 15) is 13.6 Å². The lowest BCUT2D eigenvalue weighted by Crippen LogP contribution is -2.25. The van der Waals surface area contributed by atoms with Gasteiger partial charge in [0.1, 0.15) is 5.76 Å².